The summed E-state index contributed by atoms with van der Waals surface area (Å²) in [4.78, 5) is 13.0. The van der Waals surface area contributed by atoms with Gasteiger partial charge in [-0.2, -0.15) is 0 Å². The lowest BCUT2D eigenvalue weighted by Crippen LogP contribution is -2.18. The van der Waals surface area contributed by atoms with E-state index in [2.05, 4.69) is 34.6 Å². The Morgan fingerprint density at radius 2 is 1.85 bits per heavy atom. The van der Waals surface area contributed by atoms with Crippen molar-refractivity contribution in [1.82, 2.24) is 5.32 Å². The molecule has 0 bridgehead atoms. The van der Waals surface area contributed by atoms with Crippen LogP contribution in [0.2, 0.25) is 0 Å². The van der Waals surface area contributed by atoms with Crippen molar-refractivity contribution in [1.29, 1.82) is 0 Å². The third kappa shape index (κ3) is 4.73. The number of hydrogen-bond acceptors (Lipinski definition) is 4. The quantitative estimate of drug-likeness (QED) is 0.157. The molecule has 4 nitrogen and oxygen atoms in total. The molecule has 0 saturated carbocycles. The highest BCUT2D eigenvalue weighted by Crippen LogP contribution is 2.42. The number of halogens is 1. The first-order valence-electron chi connectivity index (χ1n) is 11.1. The van der Waals surface area contributed by atoms with Crippen LogP contribution in [0.4, 0.5) is 10.1 Å². The zero-order valence-electron chi connectivity index (χ0n) is 19.3. The van der Waals surface area contributed by atoms with E-state index in [-0.39, 0.29) is 11.7 Å². The Morgan fingerprint density at radius 3 is 2.50 bits per heavy atom. The number of benzene rings is 3. The summed E-state index contributed by atoms with van der Waals surface area (Å²) in [5, 5.41) is 3.44. The zero-order valence-corrected chi connectivity index (χ0v) is 20.1. The number of hydrogen-bond donors (Lipinski definition) is 1. The summed E-state index contributed by atoms with van der Waals surface area (Å²) < 4.78 is 22.1. The van der Waals surface area contributed by atoms with E-state index in [0.717, 1.165) is 36.2 Å². The fourth-order valence-electron chi connectivity index (χ4n) is 4.03. The molecule has 1 N–H and O–H groups in total. The summed E-state index contributed by atoms with van der Waals surface area (Å²) in [5.74, 6) is -0.171. The van der Waals surface area contributed by atoms with Crippen LogP contribution >= 0.6 is 11.9 Å². The molecule has 0 atom stereocenters. The molecule has 4 aromatic rings. The summed E-state index contributed by atoms with van der Waals surface area (Å²) in [6.45, 7) is 4.67. The minimum Gasteiger partial charge on any atom is -0.455 e. The second-order valence-electron chi connectivity index (χ2n) is 7.84. The van der Waals surface area contributed by atoms with Gasteiger partial charge in [-0.05, 0) is 48.7 Å². The average molecular weight is 475 g/mol. The number of nitrogens with one attached hydrogen (secondary N) is 1. The molecule has 0 aliphatic heterocycles. The van der Waals surface area contributed by atoms with Gasteiger partial charge >= 0.3 is 0 Å². The first kappa shape index (κ1) is 23.6. The van der Waals surface area contributed by atoms with E-state index >= 15 is 0 Å². The zero-order chi connectivity index (χ0) is 24.1. The minimum absolute atomic E-state index is 0.252. The molecule has 34 heavy (non-hydrogen) atoms. The summed E-state index contributed by atoms with van der Waals surface area (Å²) in [5.41, 5.74) is 4.77. The molecule has 0 spiro atoms. The van der Waals surface area contributed by atoms with Crippen molar-refractivity contribution in [2.75, 3.05) is 24.2 Å². The van der Waals surface area contributed by atoms with E-state index in [1.54, 1.807) is 31.1 Å². The Labute approximate surface area is 203 Å². The van der Waals surface area contributed by atoms with Gasteiger partial charge in [-0.3, -0.25) is 4.79 Å². The maximum absolute atomic E-state index is 13.6. The fraction of sp³-hybridized carbons (Fsp3) is 0.179. The van der Waals surface area contributed by atoms with Crippen LogP contribution in [0.15, 0.2) is 83.8 Å². The smallest absolute Gasteiger partial charge is 0.255 e. The van der Waals surface area contributed by atoms with Crippen molar-refractivity contribution in [3.8, 4) is 22.5 Å². The Kier molecular flexibility index (Phi) is 7.38. The highest BCUT2D eigenvalue weighted by Gasteiger charge is 2.24. The average Bonchev–Trinajstić information content (AvgIpc) is 3.25. The molecular weight excluding hydrogens is 447 g/mol. The predicted molar refractivity (Wildman–Crippen MR) is 141 cm³/mol. The van der Waals surface area contributed by atoms with Crippen LogP contribution in [0.25, 0.3) is 33.4 Å². The molecule has 1 heterocycles. The van der Waals surface area contributed by atoms with Gasteiger partial charge in [-0.15, -0.1) is 6.58 Å². The van der Waals surface area contributed by atoms with Crippen LogP contribution in [0.1, 0.15) is 23.2 Å². The highest BCUT2D eigenvalue weighted by molar-refractivity contribution is 8.00. The topological polar surface area (TPSA) is 45.5 Å². The van der Waals surface area contributed by atoms with Gasteiger partial charge in [-0.25, -0.2) is 4.39 Å². The molecule has 1 amide bonds. The SMILES string of the molecule is C=CCCCN(SC)c1cc2oc(-c3ccc(F)cc3)c(C(=O)NC)c2cc1-c1ccccc1. The molecular formula is C28H27FN2O2S. The standard InChI is InChI=1S/C28H27FN2O2S/c1-4-5-9-16-31(34-3)24-18-25-23(17-22(24)19-10-7-6-8-11-19)26(28(32)30-2)27(33-25)20-12-14-21(29)15-13-20/h4,6-8,10-15,17-18H,1,5,9,16H2,2-3H3,(H,30,32). The van der Waals surface area contributed by atoms with Gasteiger partial charge in [0.2, 0.25) is 0 Å². The van der Waals surface area contributed by atoms with E-state index < -0.39 is 0 Å². The number of carbonyl (C=O) groups is 1. The molecule has 0 unspecified atom stereocenters. The lowest BCUT2D eigenvalue weighted by molar-refractivity contribution is 0.0964. The number of nitrogens with zero attached hydrogens (tertiary/aromatic N) is 1. The van der Waals surface area contributed by atoms with Gasteiger partial charge in [0, 0.05) is 42.4 Å². The predicted octanol–water partition coefficient (Wildman–Crippen LogP) is 7.32. The van der Waals surface area contributed by atoms with Crippen molar-refractivity contribution in [3.05, 3.63) is 90.8 Å². The Morgan fingerprint density at radius 1 is 1.12 bits per heavy atom. The molecule has 174 valence electrons. The fourth-order valence-corrected chi connectivity index (χ4v) is 4.69. The molecule has 4 rings (SSSR count). The second kappa shape index (κ2) is 10.6. The molecule has 3 aromatic carbocycles. The van der Waals surface area contributed by atoms with Gasteiger partial charge in [0.1, 0.15) is 17.2 Å². The normalized spacial score (nSPS) is 10.9. The maximum Gasteiger partial charge on any atom is 0.255 e. The number of allylic oxidation sites excluding steroid dienone is 1. The van der Waals surface area contributed by atoms with Gasteiger partial charge < -0.3 is 14.0 Å². The first-order chi connectivity index (χ1) is 16.6. The maximum atomic E-state index is 13.6. The molecule has 0 aliphatic rings. The third-order valence-electron chi connectivity index (χ3n) is 5.71. The Balaban J connectivity index is 1.97. The molecule has 0 radical (unpaired) electrons. The lowest BCUT2D eigenvalue weighted by Gasteiger charge is -2.24. The van der Waals surface area contributed by atoms with Crippen molar-refractivity contribution in [2.24, 2.45) is 0 Å². The third-order valence-corrected chi connectivity index (χ3v) is 6.53. The summed E-state index contributed by atoms with van der Waals surface area (Å²) in [6.07, 6.45) is 5.88. The number of rotatable bonds is 9. The van der Waals surface area contributed by atoms with Gasteiger partial charge in [0.25, 0.3) is 5.91 Å². The van der Waals surface area contributed by atoms with E-state index in [0.29, 0.717) is 27.9 Å². The first-order valence-corrected chi connectivity index (χ1v) is 12.3. The molecule has 0 aliphatic carbocycles. The van der Waals surface area contributed by atoms with Crippen LogP contribution in [0.5, 0.6) is 0 Å². The number of furan rings is 1. The number of unbranched alkanes of at least 4 members (excludes halogenated alkanes) is 1. The van der Waals surface area contributed by atoms with E-state index in [9.17, 15) is 9.18 Å². The van der Waals surface area contributed by atoms with Gasteiger partial charge in [-0.1, -0.05) is 48.4 Å². The van der Waals surface area contributed by atoms with Gasteiger partial charge in [0.05, 0.1) is 11.3 Å². The molecule has 6 heteroatoms. The number of anilines is 1. The van der Waals surface area contributed by atoms with E-state index in [4.69, 9.17) is 4.42 Å². The Bertz CT molecular complexity index is 1300. The lowest BCUT2D eigenvalue weighted by atomic mass is 9.98. The molecule has 1 aromatic heterocycles. The van der Waals surface area contributed by atoms with Crippen molar-refractivity contribution >= 4 is 34.5 Å². The van der Waals surface area contributed by atoms with Crippen LogP contribution < -0.4 is 9.62 Å². The largest absolute Gasteiger partial charge is 0.455 e. The van der Waals surface area contributed by atoms with E-state index in [1.165, 1.54) is 12.1 Å². The van der Waals surface area contributed by atoms with E-state index in [1.807, 2.05) is 36.4 Å². The summed E-state index contributed by atoms with van der Waals surface area (Å²) in [6, 6.07) is 20.1. The monoisotopic (exact) mass is 474 g/mol. The summed E-state index contributed by atoms with van der Waals surface area (Å²) >= 11 is 1.65. The van der Waals surface area contributed by atoms with Crippen molar-refractivity contribution in [3.63, 3.8) is 0 Å². The van der Waals surface area contributed by atoms with Crippen molar-refractivity contribution < 1.29 is 13.6 Å². The Hall–Kier alpha value is -3.51. The minimum atomic E-state index is -0.342. The number of fused-ring (bicyclic) bond motifs is 1. The second-order valence-corrected chi connectivity index (χ2v) is 8.65. The van der Waals surface area contributed by atoms with Crippen LogP contribution in [0.3, 0.4) is 0 Å². The van der Waals surface area contributed by atoms with Gasteiger partial charge in [0.15, 0.2) is 0 Å². The van der Waals surface area contributed by atoms with Crippen LogP contribution in [-0.4, -0.2) is 25.8 Å². The highest BCUT2D eigenvalue weighted by atomic mass is 32.2. The van der Waals surface area contributed by atoms with Crippen LogP contribution in [-0.2, 0) is 0 Å². The summed E-state index contributed by atoms with van der Waals surface area (Å²) in [7, 11) is 1.59. The van der Waals surface area contributed by atoms with Crippen molar-refractivity contribution in [2.45, 2.75) is 12.8 Å². The van der Waals surface area contributed by atoms with Crippen LogP contribution in [0, 0.1) is 5.82 Å². The molecule has 0 fully saturated rings. The molecule has 0 saturated heterocycles. The number of carbonyl (C=O) groups excluding carboxylic acids is 1. The number of amides is 1.